The molecule has 0 saturated heterocycles. The normalized spacial score (nSPS) is 10.5. The van der Waals surface area contributed by atoms with Gasteiger partial charge in [-0.3, -0.25) is 0 Å². The number of carbonyl (C=O) groups is 1. The van der Waals surface area contributed by atoms with Crippen LogP contribution in [-0.2, 0) is 0 Å². The van der Waals surface area contributed by atoms with Gasteiger partial charge in [0, 0.05) is 4.88 Å². The fraction of sp³-hybridized carbons (Fsp3) is 0.167. The minimum Gasteiger partial charge on any atom is -0.476 e. The summed E-state index contributed by atoms with van der Waals surface area (Å²) in [7, 11) is 0. The molecular weight excluding hydrogens is 274 g/mol. The molecule has 0 aliphatic heterocycles. The van der Waals surface area contributed by atoms with Gasteiger partial charge in [-0.1, -0.05) is 6.07 Å². The zero-order valence-corrected chi connectivity index (χ0v) is 10.9. The molecule has 1 aromatic heterocycles. The maximum atomic E-state index is 13.8. The number of aryl methyl sites for hydroxylation is 2. The second-order valence-corrected chi connectivity index (χ2v) is 5.11. The Bertz CT molecular complexity index is 655. The van der Waals surface area contributed by atoms with Gasteiger partial charge in [0.05, 0.1) is 0 Å². The molecular formula is C12H10F2N2O2S. The number of anilines is 2. The molecule has 0 unspecified atom stereocenters. The lowest BCUT2D eigenvalue weighted by Crippen LogP contribution is -2.01. The van der Waals surface area contributed by atoms with Gasteiger partial charge in [0.25, 0.3) is 0 Å². The molecule has 1 aromatic carbocycles. The number of rotatable bonds is 3. The van der Waals surface area contributed by atoms with E-state index in [0.29, 0.717) is 4.88 Å². The molecule has 0 spiro atoms. The summed E-state index contributed by atoms with van der Waals surface area (Å²) in [6.45, 7) is 3.09. The summed E-state index contributed by atoms with van der Waals surface area (Å²) in [5, 5.41) is 11.5. The van der Waals surface area contributed by atoms with Crippen molar-refractivity contribution in [1.29, 1.82) is 0 Å². The number of hydrogen-bond donors (Lipinski definition) is 2. The van der Waals surface area contributed by atoms with Crippen molar-refractivity contribution >= 4 is 28.1 Å². The van der Waals surface area contributed by atoms with Gasteiger partial charge < -0.3 is 10.4 Å². The van der Waals surface area contributed by atoms with Crippen LogP contribution in [0.4, 0.5) is 19.6 Å². The summed E-state index contributed by atoms with van der Waals surface area (Å²) in [6.07, 6.45) is 0. The Kier molecular flexibility index (Phi) is 3.48. The van der Waals surface area contributed by atoms with Crippen molar-refractivity contribution in [2.24, 2.45) is 0 Å². The SMILES string of the molecule is Cc1ccc(F)c(Nc2nc(C(=O)O)c(C)s2)c1F. The van der Waals surface area contributed by atoms with Crippen LogP contribution in [0.5, 0.6) is 0 Å². The fourth-order valence-electron chi connectivity index (χ4n) is 1.53. The first-order valence-corrected chi connectivity index (χ1v) is 6.14. The molecule has 4 nitrogen and oxygen atoms in total. The molecule has 2 N–H and O–H groups in total. The van der Waals surface area contributed by atoms with Crippen LogP contribution in [0.15, 0.2) is 12.1 Å². The molecule has 2 aromatic rings. The molecule has 100 valence electrons. The molecule has 0 saturated carbocycles. The van der Waals surface area contributed by atoms with Crippen molar-refractivity contribution in [3.63, 3.8) is 0 Å². The number of carboxylic acid groups (broad SMARTS) is 1. The standard InChI is InChI=1S/C12H10F2N2O2S/c1-5-3-4-7(13)10(8(5)14)16-12-15-9(11(17)18)6(2)19-12/h3-4H,1-2H3,(H,15,16)(H,17,18). The third kappa shape index (κ3) is 2.55. The summed E-state index contributed by atoms with van der Waals surface area (Å²) in [5.41, 5.74) is -0.165. The molecule has 0 aliphatic rings. The summed E-state index contributed by atoms with van der Waals surface area (Å²) in [5.74, 6) is -2.65. The molecule has 2 rings (SSSR count). The number of hydrogen-bond acceptors (Lipinski definition) is 4. The van der Waals surface area contributed by atoms with E-state index in [9.17, 15) is 13.6 Å². The second kappa shape index (κ2) is 4.93. The minimum absolute atomic E-state index is 0.124. The van der Waals surface area contributed by atoms with Gasteiger partial charge in [-0.05, 0) is 25.5 Å². The lowest BCUT2D eigenvalue weighted by Gasteiger charge is -2.07. The third-order valence-electron chi connectivity index (χ3n) is 2.52. The Hall–Kier alpha value is -2.02. The molecule has 0 fully saturated rings. The van der Waals surface area contributed by atoms with Crippen LogP contribution in [0.2, 0.25) is 0 Å². The minimum atomic E-state index is -1.17. The van der Waals surface area contributed by atoms with E-state index >= 15 is 0 Å². The summed E-state index contributed by atoms with van der Waals surface area (Å²) >= 11 is 1.02. The predicted molar refractivity (Wildman–Crippen MR) is 68.2 cm³/mol. The molecule has 0 radical (unpaired) electrons. The Labute approximate surface area is 111 Å². The average molecular weight is 284 g/mol. The first-order chi connectivity index (χ1) is 8.90. The van der Waals surface area contributed by atoms with Crippen LogP contribution in [0.1, 0.15) is 20.9 Å². The van der Waals surface area contributed by atoms with Crippen molar-refractivity contribution in [3.8, 4) is 0 Å². The highest BCUT2D eigenvalue weighted by molar-refractivity contribution is 7.15. The van der Waals surface area contributed by atoms with Gasteiger partial charge in [0.2, 0.25) is 0 Å². The first-order valence-electron chi connectivity index (χ1n) is 5.32. The van der Waals surface area contributed by atoms with E-state index in [1.54, 1.807) is 6.92 Å². The maximum absolute atomic E-state index is 13.8. The Morgan fingerprint density at radius 2 is 2.05 bits per heavy atom. The number of aromatic nitrogens is 1. The van der Waals surface area contributed by atoms with Crippen LogP contribution in [0, 0.1) is 25.5 Å². The van der Waals surface area contributed by atoms with E-state index in [1.165, 1.54) is 13.0 Å². The number of benzene rings is 1. The first kappa shape index (κ1) is 13.4. The van der Waals surface area contributed by atoms with E-state index in [4.69, 9.17) is 5.11 Å². The van der Waals surface area contributed by atoms with Gasteiger partial charge in [-0.15, -0.1) is 11.3 Å². The van der Waals surface area contributed by atoms with E-state index < -0.39 is 17.6 Å². The molecule has 0 amide bonds. The van der Waals surface area contributed by atoms with Crippen LogP contribution < -0.4 is 5.32 Å². The zero-order valence-electron chi connectivity index (χ0n) is 10.1. The highest BCUT2D eigenvalue weighted by atomic mass is 32.1. The number of carboxylic acids is 1. The predicted octanol–water partition coefficient (Wildman–Crippen LogP) is 3.48. The number of nitrogens with zero attached hydrogens (tertiary/aromatic N) is 1. The van der Waals surface area contributed by atoms with Gasteiger partial charge in [-0.25, -0.2) is 18.6 Å². The molecule has 7 heteroatoms. The van der Waals surface area contributed by atoms with E-state index in [-0.39, 0.29) is 22.1 Å². The highest BCUT2D eigenvalue weighted by Crippen LogP contribution is 2.29. The molecule has 0 atom stereocenters. The largest absolute Gasteiger partial charge is 0.476 e. The van der Waals surface area contributed by atoms with Gasteiger partial charge in [-0.2, -0.15) is 0 Å². The molecule has 1 heterocycles. The third-order valence-corrected chi connectivity index (χ3v) is 3.40. The number of aromatic carboxylic acids is 1. The van der Waals surface area contributed by atoms with E-state index in [2.05, 4.69) is 10.3 Å². The Morgan fingerprint density at radius 3 is 2.63 bits per heavy atom. The molecule has 0 aliphatic carbocycles. The summed E-state index contributed by atoms with van der Waals surface area (Å²) in [4.78, 5) is 15.1. The number of thiazole rings is 1. The van der Waals surface area contributed by atoms with Crippen molar-refractivity contribution in [3.05, 3.63) is 39.9 Å². The van der Waals surface area contributed by atoms with E-state index in [0.717, 1.165) is 17.4 Å². The average Bonchev–Trinajstić information content (AvgIpc) is 2.71. The molecule has 19 heavy (non-hydrogen) atoms. The topological polar surface area (TPSA) is 62.2 Å². The fourth-order valence-corrected chi connectivity index (χ4v) is 2.34. The number of halogens is 2. The number of nitrogens with one attached hydrogen (secondary N) is 1. The van der Waals surface area contributed by atoms with Crippen molar-refractivity contribution in [2.45, 2.75) is 13.8 Å². The van der Waals surface area contributed by atoms with Crippen LogP contribution in [-0.4, -0.2) is 16.1 Å². The van der Waals surface area contributed by atoms with Crippen LogP contribution in [0.3, 0.4) is 0 Å². The van der Waals surface area contributed by atoms with Crippen molar-refractivity contribution in [2.75, 3.05) is 5.32 Å². The quantitative estimate of drug-likeness (QED) is 0.905. The zero-order chi connectivity index (χ0) is 14.2. The van der Waals surface area contributed by atoms with Crippen LogP contribution >= 0.6 is 11.3 Å². The van der Waals surface area contributed by atoms with Crippen molar-refractivity contribution < 1.29 is 18.7 Å². The molecule has 0 bridgehead atoms. The lowest BCUT2D eigenvalue weighted by atomic mass is 10.2. The summed E-state index contributed by atoms with van der Waals surface area (Å²) < 4.78 is 27.3. The Morgan fingerprint density at radius 1 is 1.37 bits per heavy atom. The van der Waals surface area contributed by atoms with E-state index in [1.807, 2.05) is 0 Å². The summed E-state index contributed by atoms with van der Waals surface area (Å²) in [6, 6.07) is 2.46. The van der Waals surface area contributed by atoms with Gasteiger partial charge in [0.1, 0.15) is 11.5 Å². The Balaban J connectivity index is 2.39. The monoisotopic (exact) mass is 284 g/mol. The highest BCUT2D eigenvalue weighted by Gasteiger charge is 2.17. The van der Waals surface area contributed by atoms with Gasteiger partial charge >= 0.3 is 5.97 Å². The lowest BCUT2D eigenvalue weighted by molar-refractivity contribution is 0.0690. The second-order valence-electron chi connectivity index (χ2n) is 3.91. The van der Waals surface area contributed by atoms with Gasteiger partial charge in [0.15, 0.2) is 16.6 Å². The smallest absolute Gasteiger partial charge is 0.355 e. The maximum Gasteiger partial charge on any atom is 0.355 e. The van der Waals surface area contributed by atoms with Crippen molar-refractivity contribution in [1.82, 2.24) is 4.98 Å². The van der Waals surface area contributed by atoms with Crippen LogP contribution in [0.25, 0.3) is 0 Å².